The van der Waals surface area contributed by atoms with Crippen molar-refractivity contribution in [1.29, 1.82) is 0 Å². The van der Waals surface area contributed by atoms with Crippen LogP contribution in [0.2, 0.25) is 0 Å². The Balaban J connectivity index is 1.55. The molecule has 4 rings (SSSR count). The van der Waals surface area contributed by atoms with Crippen LogP contribution in [0, 0.1) is 5.82 Å². The van der Waals surface area contributed by atoms with Gasteiger partial charge in [0.15, 0.2) is 11.6 Å². The van der Waals surface area contributed by atoms with Crippen LogP contribution in [0.25, 0.3) is 11.3 Å². The number of para-hydroxylation sites is 1. The zero-order chi connectivity index (χ0) is 21.6. The van der Waals surface area contributed by atoms with Crippen molar-refractivity contribution in [3.05, 3.63) is 66.0 Å². The standard InChI is InChI=1S/C24H26FN3O3/c1-28-24(31-21-12-6-5-11-20(21)25)19(23(27-28)17-8-3-2-4-9-17)13-14-22(29)26-16-18-10-7-15-30-18/h2-6,8-9,11-12,18H,7,10,13-16H2,1H3,(H,26,29). The Morgan fingerprint density at radius 2 is 2.00 bits per heavy atom. The lowest BCUT2D eigenvalue weighted by Crippen LogP contribution is -2.31. The Labute approximate surface area is 181 Å². The molecule has 1 unspecified atom stereocenters. The lowest BCUT2D eigenvalue weighted by atomic mass is 10.0. The molecule has 162 valence electrons. The molecular weight excluding hydrogens is 397 g/mol. The van der Waals surface area contributed by atoms with Crippen LogP contribution >= 0.6 is 0 Å². The van der Waals surface area contributed by atoms with Gasteiger partial charge in [0.05, 0.1) is 11.8 Å². The van der Waals surface area contributed by atoms with E-state index in [4.69, 9.17) is 9.47 Å². The van der Waals surface area contributed by atoms with Gasteiger partial charge in [-0.2, -0.15) is 5.10 Å². The summed E-state index contributed by atoms with van der Waals surface area (Å²) in [5, 5.41) is 7.56. The number of rotatable bonds is 8. The molecule has 2 aromatic carbocycles. The predicted molar refractivity (Wildman–Crippen MR) is 115 cm³/mol. The second kappa shape index (κ2) is 9.75. The largest absolute Gasteiger partial charge is 0.436 e. The number of benzene rings is 2. The summed E-state index contributed by atoms with van der Waals surface area (Å²) < 4.78 is 27.3. The predicted octanol–water partition coefficient (Wildman–Crippen LogP) is 4.25. The molecule has 1 saturated heterocycles. The molecule has 6 nitrogen and oxygen atoms in total. The van der Waals surface area contributed by atoms with Gasteiger partial charge in [-0.1, -0.05) is 42.5 Å². The van der Waals surface area contributed by atoms with Crippen molar-refractivity contribution in [2.45, 2.75) is 31.8 Å². The van der Waals surface area contributed by atoms with Crippen LogP contribution in [-0.2, 0) is 23.0 Å². The number of aromatic nitrogens is 2. The molecule has 1 aliphatic rings. The normalized spacial score (nSPS) is 15.7. The summed E-state index contributed by atoms with van der Waals surface area (Å²) in [5.74, 6) is 0.0329. The summed E-state index contributed by atoms with van der Waals surface area (Å²) >= 11 is 0. The zero-order valence-corrected chi connectivity index (χ0v) is 17.5. The molecule has 1 amide bonds. The molecule has 7 heteroatoms. The Bertz CT molecular complexity index is 1030. The molecule has 0 spiro atoms. The van der Waals surface area contributed by atoms with Crippen LogP contribution in [0.3, 0.4) is 0 Å². The SMILES string of the molecule is Cn1nc(-c2ccccc2)c(CCC(=O)NCC2CCCO2)c1Oc1ccccc1F. The second-order valence-electron chi connectivity index (χ2n) is 7.59. The van der Waals surface area contributed by atoms with Gasteiger partial charge >= 0.3 is 0 Å². The number of aryl methyl sites for hydroxylation is 1. The lowest BCUT2D eigenvalue weighted by molar-refractivity contribution is -0.121. The third-order valence-electron chi connectivity index (χ3n) is 5.33. The maximum Gasteiger partial charge on any atom is 0.221 e. The summed E-state index contributed by atoms with van der Waals surface area (Å²) in [6, 6.07) is 15.9. The molecular formula is C24H26FN3O3. The molecule has 0 saturated carbocycles. The van der Waals surface area contributed by atoms with E-state index in [0.29, 0.717) is 18.8 Å². The van der Waals surface area contributed by atoms with Crippen molar-refractivity contribution < 1.29 is 18.7 Å². The number of hydrogen-bond acceptors (Lipinski definition) is 4. The monoisotopic (exact) mass is 423 g/mol. The van der Waals surface area contributed by atoms with Crippen LogP contribution in [0.15, 0.2) is 54.6 Å². The van der Waals surface area contributed by atoms with Gasteiger partial charge in [0.25, 0.3) is 0 Å². The minimum atomic E-state index is -0.454. The molecule has 2 heterocycles. The van der Waals surface area contributed by atoms with E-state index < -0.39 is 5.82 Å². The minimum absolute atomic E-state index is 0.0600. The van der Waals surface area contributed by atoms with Crippen molar-refractivity contribution in [3.63, 3.8) is 0 Å². The van der Waals surface area contributed by atoms with E-state index in [-0.39, 0.29) is 24.2 Å². The fourth-order valence-electron chi connectivity index (χ4n) is 3.72. The van der Waals surface area contributed by atoms with Crippen molar-refractivity contribution >= 4 is 5.91 Å². The van der Waals surface area contributed by atoms with Crippen LogP contribution in [0.4, 0.5) is 4.39 Å². The highest BCUT2D eigenvalue weighted by Crippen LogP contribution is 2.34. The first-order valence-electron chi connectivity index (χ1n) is 10.5. The van der Waals surface area contributed by atoms with Gasteiger partial charge < -0.3 is 14.8 Å². The van der Waals surface area contributed by atoms with E-state index in [0.717, 1.165) is 36.3 Å². The fraction of sp³-hybridized carbons (Fsp3) is 0.333. The molecule has 31 heavy (non-hydrogen) atoms. The first kappa shape index (κ1) is 21.1. The van der Waals surface area contributed by atoms with Gasteiger partial charge in [-0.05, 0) is 31.4 Å². The highest BCUT2D eigenvalue weighted by Gasteiger charge is 2.22. The summed E-state index contributed by atoms with van der Waals surface area (Å²) in [6.07, 6.45) is 2.79. The molecule has 1 fully saturated rings. The van der Waals surface area contributed by atoms with E-state index in [1.807, 2.05) is 30.3 Å². The van der Waals surface area contributed by atoms with E-state index >= 15 is 0 Å². The Morgan fingerprint density at radius 1 is 1.23 bits per heavy atom. The first-order valence-corrected chi connectivity index (χ1v) is 10.5. The van der Waals surface area contributed by atoms with Crippen LogP contribution < -0.4 is 10.1 Å². The Morgan fingerprint density at radius 3 is 2.74 bits per heavy atom. The van der Waals surface area contributed by atoms with Crippen LogP contribution in [0.5, 0.6) is 11.6 Å². The molecule has 0 aliphatic carbocycles. The third-order valence-corrected chi connectivity index (χ3v) is 5.33. The number of nitrogens with one attached hydrogen (secondary N) is 1. The highest BCUT2D eigenvalue weighted by molar-refractivity contribution is 5.77. The number of halogens is 1. The van der Waals surface area contributed by atoms with E-state index in [1.165, 1.54) is 6.07 Å². The topological polar surface area (TPSA) is 65.4 Å². The molecule has 1 N–H and O–H groups in total. The summed E-state index contributed by atoms with van der Waals surface area (Å²) in [6.45, 7) is 1.28. The first-order chi connectivity index (χ1) is 15.1. The molecule has 3 aromatic rings. The average molecular weight is 423 g/mol. The lowest BCUT2D eigenvalue weighted by Gasteiger charge is -2.12. The number of carbonyl (C=O) groups excluding carboxylic acids is 1. The number of amides is 1. The average Bonchev–Trinajstić information content (AvgIpc) is 3.41. The van der Waals surface area contributed by atoms with Gasteiger partial charge in [0.2, 0.25) is 11.8 Å². The Hall–Kier alpha value is -3.19. The van der Waals surface area contributed by atoms with E-state index in [1.54, 1.807) is 29.9 Å². The van der Waals surface area contributed by atoms with Gasteiger partial charge in [-0.25, -0.2) is 9.07 Å². The number of ether oxygens (including phenoxy) is 2. The van der Waals surface area contributed by atoms with Crippen LogP contribution in [0.1, 0.15) is 24.8 Å². The van der Waals surface area contributed by atoms with Crippen molar-refractivity contribution in [2.75, 3.05) is 13.2 Å². The summed E-state index contributed by atoms with van der Waals surface area (Å²) in [7, 11) is 1.75. The quantitative estimate of drug-likeness (QED) is 0.588. The molecule has 1 aromatic heterocycles. The van der Waals surface area contributed by atoms with Gasteiger partial charge in [-0.15, -0.1) is 0 Å². The highest BCUT2D eigenvalue weighted by atomic mass is 19.1. The fourth-order valence-corrected chi connectivity index (χ4v) is 3.72. The maximum absolute atomic E-state index is 14.2. The number of carbonyl (C=O) groups is 1. The second-order valence-corrected chi connectivity index (χ2v) is 7.59. The van der Waals surface area contributed by atoms with Crippen molar-refractivity contribution in [2.24, 2.45) is 7.05 Å². The van der Waals surface area contributed by atoms with Gasteiger partial charge in [0.1, 0.15) is 0 Å². The molecule has 0 radical (unpaired) electrons. The molecule has 1 atom stereocenters. The smallest absolute Gasteiger partial charge is 0.221 e. The minimum Gasteiger partial charge on any atom is -0.436 e. The number of hydrogen-bond donors (Lipinski definition) is 1. The number of nitrogens with zero attached hydrogens (tertiary/aromatic N) is 2. The summed E-state index contributed by atoms with van der Waals surface area (Å²) in [4.78, 5) is 12.5. The van der Waals surface area contributed by atoms with E-state index in [2.05, 4.69) is 10.4 Å². The van der Waals surface area contributed by atoms with Gasteiger partial charge in [-0.3, -0.25) is 4.79 Å². The Kier molecular flexibility index (Phi) is 6.62. The van der Waals surface area contributed by atoms with Crippen molar-refractivity contribution in [3.8, 4) is 22.9 Å². The molecule has 0 bridgehead atoms. The van der Waals surface area contributed by atoms with Crippen LogP contribution in [-0.4, -0.2) is 34.9 Å². The maximum atomic E-state index is 14.2. The van der Waals surface area contributed by atoms with Gasteiger partial charge in [0, 0.05) is 37.7 Å². The third kappa shape index (κ3) is 5.11. The molecule has 1 aliphatic heterocycles. The summed E-state index contributed by atoms with van der Waals surface area (Å²) in [5.41, 5.74) is 2.40. The van der Waals surface area contributed by atoms with Crippen molar-refractivity contribution in [1.82, 2.24) is 15.1 Å². The van der Waals surface area contributed by atoms with E-state index in [9.17, 15) is 9.18 Å². The zero-order valence-electron chi connectivity index (χ0n) is 17.5.